The highest BCUT2D eigenvalue weighted by atomic mass is 32.2. The summed E-state index contributed by atoms with van der Waals surface area (Å²) in [5, 5.41) is 5.93. The van der Waals surface area contributed by atoms with Crippen LogP contribution in [0.3, 0.4) is 0 Å². The fraction of sp³-hybridized carbons (Fsp3) is 0.600. The number of fused-ring (bicyclic) bond motifs is 1. The first-order valence-corrected chi connectivity index (χ1v) is 9.81. The summed E-state index contributed by atoms with van der Waals surface area (Å²) in [6.45, 7) is 1.55. The summed E-state index contributed by atoms with van der Waals surface area (Å²) >= 11 is 0. The van der Waals surface area contributed by atoms with Gasteiger partial charge in [-0.15, -0.1) is 0 Å². The quantitative estimate of drug-likeness (QED) is 0.617. The Morgan fingerprint density at radius 2 is 2.20 bits per heavy atom. The summed E-state index contributed by atoms with van der Waals surface area (Å²) in [6, 6.07) is 2.80. The normalized spacial score (nSPS) is 25.3. The minimum Gasteiger partial charge on any atom is -0.463 e. The van der Waals surface area contributed by atoms with Gasteiger partial charge in [0.2, 0.25) is 11.7 Å². The highest BCUT2D eigenvalue weighted by molar-refractivity contribution is 7.91. The van der Waals surface area contributed by atoms with Crippen LogP contribution < -0.4 is 10.6 Å². The predicted octanol–water partition coefficient (Wildman–Crippen LogP) is -1.25. The third-order valence-corrected chi connectivity index (χ3v) is 6.17. The van der Waals surface area contributed by atoms with E-state index in [0.717, 1.165) is 0 Å². The first-order chi connectivity index (χ1) is 11.9. The van der Waals surface area contributed by atoms with Gasteiger partial charge >= 0.3 is 5.97 Å². The molecule has 0 aliphatic carbocycles. The van der Waals surface area contributed by atoms with E-state index >= 15 is 0 Å². The van der Waals surface area contributed by atoms with Crippen LogP contribution in [0.1, 0.15) is 16.3 Å². The van der Waals surface area contributed by atoms with Crippen LogP contribution >= 0.6 is 0 Å². The molecule has 0 bridgehead atoms. The molecule has 25 heavy (non-hydrogen) atoms. The molecule has 138 valence electrons. The molecule has 9 nitrogen and oxygen atoms in total. The van der Waals surface area contributed by atoms with E-state index in [1.54, 1.807) is 6.07 Å². The molecule has 0 aromatic carbocycles. The first kappa shape index (κ1) is 17.9. The minimum atomic E-state index is -3.06. The molecule has 0 radical (unpaired) electrons. The van der Waals surface area contributed by atoms with Gasteiger partial charge in [-0.2, -0.15) is 0 Å². The van der Waals surface area contributed by atoms with E-state index in [-0.39, 0.29) is 48.3 Å². The van der Waals surface area contributed by atoms with Crippen molar-refractivity contribution in [1.82, 2.24) is 15.5 Å². The molecule has 2 fully saturated rings. The van der Waals surface area contributed by atoms with Crippen LogP contribution in [0.5, 0.6) is 0 Å². The van der Waals surface area contributed by atoms with Crippen LogP contribution in [0, 0.1) is 0 Å². The second kappa shape index (κ2) is 7.14. The molecular weight excluding hydrogens is 350 g/mol. The molecule has 2 aliphatic heterocycles. The Bertz CT molecular complexity index is 759. The average molecular weight is 371 g/mol. The molecule has 0 unspecified atom stereocenters. The minimum absolute atomic E-state index is 0.0767. The zero-order chi connectivity index (χ0) is 18.0. The van der Waals surface area contributed by atoms with Gasteiger partial charge in [0, 0.05) is 25.2 Å². The zero-order valence-electron chi connectivity index (χ0n) is 13.9. The number of carbonyl (C=O) groups is 2. The highest BCUT2D eigenvalue weighted by Gasteiger charge is 2.43. The summed E-state index contributed by atoms with van der Waals surface area (Å²) in [4.78, 5) is 25.4. The van der Waals surface area contributed by atoms with E-state index in [1.165, 1.54) is 13.2 Å². The number of esters is 1. The average Bonchev–Trinajstić information content (AvgIpc) is 3.15. The fourth-order valence-electron chi connectivity index (χ4n) is 3.25. The summed E-state index contributed by atoms with van der Waals surface area (Å²) in [5.74, 6) is -0.0759. The van der Waals surface area contributed by atoms with Crippen LogP contribution in [0.15, 0.2) is 16.5 Å². The molecule has 3 heterocycles. The SMILES string of the molecule is COC(=O)c1ccc(CNC(=O)CN2CCN[C@H]3CS(=O)(=O)C[C@H]32)o1. The maximum absolute atomic E-state index is 12.2. The van der Waals surface area contributed by atoms with Crippen LogP contribution in [-0.2, 0) is 25.9 Å². The van der Waals surface area contributed by atoms with Crippen LogP contribution in [0.25, 0.3) is 0 Å². The number of amides is 1. The molecule has 1 aromatic heterocycles. The predicted molar refractivity (Wildman–Crippen MR) is 87.7 cm³/mol. The molecule has 2 N–H and O–H groups in total. The molecule has 0 saturated carbocycles. The van der Waals surface area contributed by atoms with Gasteiger partial charge < -0.3 is 19.8 Å². The van der Waals surface area contributed by atoms with Gasteiger partial charge in [0.25, 0.3) is 0 Å². The number of sulfone groups is 1. The molecule has 1 aromatic rings. The monoisotopic (exact) mass is 371 g/mol. The van der Waals surface area contributed by atoms with E-state index in [9.17, 15) is 18.0 Å². The van der Waals surface area contributed by atoms with Crippen molar-refractivity contribution in [1.29, 1.82) is 0 Å². The van der Waals surface area contributed by atoms with Crippen molar-refractivity contribution in [3.05, 3.63) is 23.7 Å². The lowest BCUT2D eigenvalue weighted by molar-refractivity contribution is -0.123. The third kappa shape index (κ3) is 4.20. The topological polar surface area (TPSA) is 118 Å². The molecule has 10 heteroatoms. The molecular formula is C15H21N3O6S. The van der Waals surface area contributed by atoms with Gasteiger partial charge in [0.1, 0.15) is 5.76 Å². The van der Waals surface area contributed by atoms with Gasteiger partial charge in [0.05, 0.1) is 31.7 Å². The number of carbonyl (C=O) groups excluding carboxylic acids is 2. The highest BCUT2D eigenvalue weighted by Crippen LogP contribution is 2.20. The van der Waals surface area contributed by atoms with Crippen molar-refractivity contribution in [3.8, 4) is 0 Å². The Labute approximate surface area is 145 Å². The molecule has 3 rings (SSSR count). The maximum atomic E-state index is 12.2. The number of ether oxygens (including phenoxy) is 1. The Morgan fingerprint density at radius 1 is 1.40 bits per heavy atom. The van der Waals surface area contributed by atoms with E-state index in [0.29, 0.717) is 18.8 Å². The Balaban J connectivity index is 1.52. The van der Waals surface area contributed by atoms with Gasteiger partial charge in [-0.3, -0.25) is 9.69 Å². The summed E-state index contributed by atoms with van der Waals surface area (Å²) < 4.78 is 33.4. The summed E-state index contributed by atoms with van der Waals surface area (Å²) in [6.07, 6.45) is 0. The summed E-state index contributed by atoms with van der Waals surface area (Å²) in [7, 11) is -1.80. The molecule has 2 aliphatic rings. The van der Waals surface area contributed by atoms with Crippen molar-refractivity contribution in [2.24, 2.45) is 0 Å². The lowest BCUT2D eigenvalue weighted by atomic mass is 10.1. The van der Waals surface area contributed by atoms with E-state index in [1.807, 2.05) is 4.90 Å². The number of nitrogens with zero attached hydrogens (tertiary/aromatic N) is 1. The van der Waals surface area contributed by atoms with Crippen molar-refractivity contribution in [2.45, 2.75) is 18.6 Å². The van der Waals surface area contributed by atoms with Crippen molar-refractivity contribution in [2.75, 3.05) is 38.2 Å². The zero-order valence-corrected chi connectivity index (χ0v) is 14.7. The molecule has 1 amide bonds. The number of rotatable bonds is 5. The number of hydrogen-bond acceptors (Lipinski definition) is 8. The Morgan fingerprint density at radius 3 is 2.96 bits per heavy atom. The van der Waals surface area contributed by atoms with Gasteiger partial charge in [0.15, 0.2) is 9.84 Å². The molecule has 2 atom stereocenters. The Hall–Kier alpha value is -1.91. The molecule has 0 spiro atoms. The molecule has 2 saturated heterocycles. The smallest absolute Gasteiger partial charge is 0.373 e. The van der Waals surface area contributed by atoms with Gasteiger partial charge in [-0.05, 0) is 12.1 Å². The largest absolute Gasteiger partial charge is 0.463 e. The van der Waals surface area contributed by atoms with Crippen LogP contribution in [0.4, 0.5) is 0 Å². The van der Waals surface area contributed by atoms with E-state index in [2.05, 4.69) is 15.4 Å². The number of piperazine rings is 1. The second-order valence-corrected chi connectivity index (χ2v) is 8.36. The van der Waals surface area contributed by atoms with E-state index in [4.69, 9.17) is 4.42 Å². The first-order valence-electron chi connectivity index (χ1n) is 7.99. The van der Waals surface area contributed by atoms with Gasteiger partial charge in [-0.1, -0.05) is 0 Å². The number of hydrogen-bond donors (Lipinski definition) is 2. The number of methoxy groups -OCH3 is 1. The maximum Gasteiger partial charge on any atom is 0.373 e. The standard InChI is InChI=1S/C15H21N3O6S/c1-23-15(20)13-3-2-10(24-13)6-17-14(19)7-18-5-4-16-11-8-25(21,22)9-12(11)18/h2-3,11-12,16H,4-9H2,1H3,(H,17,19)/t11-,12+/m0/s1. The van der Waals surface area contributed by atoms with Crippen molar-refractivity contribution in [3.63, 3.8) is 0 Å². The van der Waals surface area contributed by atoms with Crippen molar-refractivity contribution >= 4 is 21.7 Å². The third-order valence-electron chi connectivity index (χ3n) is 4.45. The summed E-state index contributed by atoms with van der Waals surface area (Å²) in [5.41, 5.74) is 0. The van der Waals surface area contributed by atoms with Gasteiger partial charge in [-0.25, -0.2) is 13.2 Å². The number of furan rings is 1. The number of nitrogens with one attached hydrogen (secondary N) is 2. The lowest BCUT2D eigenvalue weighted by Gasteiger charge is -2.36. The Kier molecular flexibility index (Phi) is 5.11. The fourth-order valence-corrected chi connectivity index (χ4v) is 5.24. The lowest BCUT2D eigenvalue weighted by Crippen LogP contribution is -2.59. The van der Waals surface area contributed by atoms with Crippen LogP contribution in [0.2, 0.25) is 0 Å². The second-order valence-electron chi connectivity index (χ2n) is 6.21. The van der Waals surface area contributed by atoms with Crippen LogP contribution in [-0.4, -0.2) is 75.5 Å². The van der Waals surface area contributed by atoms with Crippen molar-refractivity contribution < 1.29 is 27.2 Å². The van der Waals surface area contributed by atoms with E-state index < -0.39 is 15.8 Å².